The maximum atomic E-state index is 12.9. The number of methoxy groups -OCH3 is 2. The molecule has 0 atom stereocenters. The Hall–Kier alpha value is -3.96. The molecule has 0 radical (unpaired) electrons. The second-order valence-corrected chi connectivity index (χ2v) is 10.3. The predicted octanol–water partition coefficient (Wildman–Crippen LogP) is 4.06. The normalized spacial score (nSPS) is 11.9. The minimum absolute atomic E-state index is 0.0858. The van der Waals surface area contributed by atoms with E-state index in [1.54, 1.807) is 30.3 Å². The lowest BCUT2D eigenvalue weighted by Gasteiger charge is -2.09. The SMILES string of the molecule is CCn1c(=NC(=O)c2ccc(NS(=O)(=O)c3ccc(OC)cc3)cc2)sc2cc(C(=O)OC)ccc21. The van der Waals surface area contributed by atoms with Crippen molar-refractivity contribution in [1.29, 1.82) is 0 Å². The van der Waals surface area contributed by atoms with Gasteiger partial charge in [0.25, 0.3) is 15.9 Å². The van der Waals surface area contributed by atoms with E-state index in [1.165, 1.54) is 62.0 Å². The summed E-state index contributed by atoms with van der Waals surface area (Å²) in [6.45, 7) is 2.52. The monoisotopic (exact) mass is 525 g/mol. The van der Waals surface area contributed by atoms with E-state index in [4.69, 9.17) is 9.47 Å². The van der Waals surface area contributed by atoms with Crippen LogP contribution in [0.2, 0.25) is 0 Å². The highest BCUT2D eigenvalue weighted by Gasteiger charge is 2.15. The zero-order valence-electron chi connectivity index (χ0n) is 19.7. The Morgan fingerprint density at radius 3 is 2.25 bits per heavy atom. The molecule has 1 heterocycles. The first kappa shape index (κ1) is 25.1. The zero-order valence-corrected chi connectivity index (χ0v) is 21.4. The molecule has 0 fully saturated rings. The molecule has 1 N–H and O–H groups in total. The zero-order chi connectivity index (χ0) is 25.9. The van der Waals surface area contributed by atoms with Crippen LogP contribution in [-0.4, -0.2) is 39.1 Å². The number of aromatic nitrogens is 1. The molecule has 3 aromatic carbocycles. The molecule has 36 heavy (non-hydrogen) atoms. The largest absolute Gasteiger partial charge is 0.497 e. The average Bonchev–Trinajstić information content (AvgIpc) is 3.24. The van der Waals surface area contributed by atoms with Gasteiger partial charge in [0.15, 0.2) is 4.80 Å². The minimum atomic E-state index is -3.80. The molecule has 0 spiro atoms. The van der Waals surface area contributed by atoms with Crippen LogP contribution in [0.3, 0.4) is 0 Å². The van der Waals surface area contributed by atoms with Gasteiger partial charge in [-0.25, -0.2) is 13.2 Å². The lowest BCUT2D eigenvalue weighted by Crippen LogP contribution is -2.16. The maximum absolute atomic E-state index is 12.9. The molecule has 11 heteroatoms. The molecule has 186 valence electrons. The van der Waals surface area contributed by atoms with Crippen molar-refractivity contribution >= 4 is 49.1 Å². The number of hydrogen-bond acceptors (Lipinski definition) is 7. The summed E-state index contributed by atoms with van der Waals surface area (Å²) >= 11 is 1.29. The van der Waals surface area contributed by atoms with Crippen LogP contribution >= 0.6 is 11.3 Å². The molecule has 1 amide bonds. The van der Waals surface area contributed by atoms with Crippen LogP contribution in [0.15, 0.2) is 76.6 Å². The number of sulfonamides is 1. The highest BCUT2D eigenvalue weighted by Crippen LogP contribution is 2.21. The number of fused-ring (bicyclic) bond motifs is 1. The fraction of sp³-hybridized carbons (Fsp3) is 0.160. The number of benzene rings is 3. The van der Waals surface area contributed by atoms with Gasteiger partial charge in [-0.2, -0.15) is 4.99 Å². The Morgan fingerprint density at radius 2 is 1.64 bits per heavy atom. The van der Waals surface area contributed by atoms with Crippen LogP contribution in [0.1, 0.15) is 27.6 Å². The van der Waals surface area contributed by atoms with Gasteiger partial charge < -0.3 is 14.0 Å². The fourth-order valence-corrected chi connectivity index (χ4v) is 5.70. The molecule has 4 aromatic rings. The summed E-state index contributed by atoms with van der Waals surface area (Å²) in [5.41, 5.74) is 1.88. The predicted molar refractivity (Wildman–Crippen MR) is 137 cm³/mol. The summed E-state index contributed by atoms with van der Waals surface area (Å²) in [5.74, 6) is -0.361. The summed E-state index contributed by atoms with van der Waals surface area (Å²) in [6, 6.07) is 17.2. The Morgan fingerprint density at radius 1 is 0.972 bits per heavy atom. The van der Waals surface area contributed by atoms with Gasteiger partial charge >= 0.3 is 5.97 Å². The fourth-order valence-electron chi connectivity index (χ4n) is 3.51. The van der Waals surface area contributed by atoms with E-state index in [0.717, 1.165) is 10.2 Å². The average molecular weight is 526 g/mol. The number of thiazole rings is 1. The summed E-state index contributed by atoms with van der Waals surface area (Å²) in [4.78, 5) is 29.6. The first-order valence-electron chi connectivity index (χ1n) is 10.8. The molecule has 0 unspecified atom stereocenters. The van der Waals surface area contributed by atoms with Crippen molar-refractivity contribution in [2.75, 3.05) is 18.9 Å². The van der Waals surface area contributed by atoms with Gasteiger partial charge in [-0.15, -0.1) is 0 Å². The third-order valence-corrected chi connectivity index (χ3v) is 7.81. The molecule has 0 saturated heterocycles. The number of aryl methyl sites for hydroxylation is 1. The van der Waals surface area contributed by atoms with Crippen LogP contribution < -0.4 is 14.3 Å². The van der Waals surface area contributed by atoms with Crippen molar-refractivity contribution in [3.63, 3.8) is 0 Å². The van der Waals surface area contributed by atoms with Gasteiger partial charge in [0, 0.05) is 17.8 Å². The van der Waals surface area contributed by atoms with Crippen LogP contribution in [0.25, 0.3) is 10.2 Å². The molecule has 0 saturated carbocycles. The summed E-state index contributed by atoms with van der Waals surface area (Å²) < 4.78 is 40.3. The van der Waals surface area contributed by atoms with Crippen LogP contribution in [-0.2, 0) is 21.3 Å². The highest BCUT2D eigenvalue weighted by molar-refractivity contribution is 7.92. The molecule has 1 aromatic heterocycles. The Labute approximate surface area is 211 Å². The molecule has 9 nitrogen and oxygen atoms in total. The van der Waals surface area contributed by atoms with Gasteiger partial charge in [-0.3, -0.25) is 9.52 Å². The molecule has 0 aliphatic carbocycles. The second kappa shape index (κ2) is 10.3. The standard InChI is InChI=1S/C25H23N3O6S2/c1-4-28-21-14-7-17(24(30)34-3)15-22(21)35-25(28)26-23(29)16-5-8-18(9-6-16)27-36(31,32)20-12-10-19(33-2)11-13-20/h5-15,27H,4H2,1-3H3. The first-order valence-corrected chi connectivity index (χ1v) is 13.1. The van der Waals surface area contributed by atoms with Crippen molar-refractivity contribution in [3.8, 4) is 5.75 Å². The Bertz CT molecular complexity index is 1600. The van der Waals surface area contributed by atoms with Crippen LogP contribution in [0.5, 0.6) is 5.75 Å². The number of carbonyl (C=O) groups is 2. The molecule has 0 bridgehead atoms. The van der Waals surface area contributed by atoms with E-state index in [2.05, 4.69) is 9.71 Å². The van der Waals surface area contributed by atoms with Crippen molar-refractivity contribution in [3.05, 3.63) is 82.7 Å². The third-order valence-electron chi connectivity index (χ3n) is 5.37. The van der Waals surface area contributed by atoms with E-state index < -0.39 is 21.9 Å². The number of nitrogens with zero attached hydrogens (tertiary/aromatic N) is 2. The molecular weight excluding hydrogens is 502 g/mol. The highest BCUT2D eigenvalue weighted by atomic mass is 32.2. The van der Waals surface area contributed by atoms with Gasteiger partial charge in [-0.1, -0.05) is 11.3 Å². The summed E-state index contributed by atoms with van der Waals surface area (Å²) in [7, 11) is -0.982. The second-order valence-electron chi connectivity index (χ2n) is 7.58. The molecule has 4 rings (SSSR count). The first-order chi connectivity index (χ1) is 17.2. The van der Waals surface area contributed by atoms with Crippen molar-refractivity contribution in [2.24, 2.45) is 4.99 Å². The van der Waals surface area contributed by atoms with E-state index in [1.807, 2.05) is 11.5 Å². The number of hydrogen-bond donors (Lipinski definition) is 1. The number of rotatable bonds is 7. The molecule has 0 aliphatic rings. The topological polar surface area (TPSA) is 116 Å². The van der Waals surface area contributed by atoms with E-state index in [9.17, 15) is 18.0 Å². The van der Waals surface area contributed by atoms with E-state index >= 15 is 0 Å². The number of ether oxygens (including phenoxy) is 2. The van der Waals surface area contributed by atoms with E-state index in [0.29, 0.717) is 33.9 Å². The number of nitrogens with one attached hydrogen (secondary N) is 1. The van der Waals surface area contributed by atoms with Crippen LogP contribution in [0.4, 0.5) is 5.69 Å². The Kier molecular flexibility index (Phi) is 7.22. The molecule has 0 aliphatic heterocycles. The number of carbonyl (C=O) groups excluding carboxylic acids is 2. The van der Waals surface area contributed by atoms with Crippen molar-refractivity contribution in [1.82, 2.24) is 4.57 Å². The third kappa shape index (κ3) is 5.16. The lowest BCUT2D eigenvalue weighted by atomic mass is 10.2. The lowest BCUT2D eigenvalue weighted by molar-refractivity contribution is 0.0600. The van der Waals surface area contributed by atoms with Gasteiger partial charge in [0.1, 0.15) is 5.75 Å². The van der Waals surface area contributed by atoms with Crippen LogP contribution in [0, 0.1) is 0 Å². The van der Waals surface area contributed by atoms with Gasteiger partial charge in [-0.05, 0) is 73.7 Å². The quantitative estimate of drug-likeness (QED) is 0.364. The number of esters is 1. The van der Waals surface area contributed by atoms with E-state index in [-0.39, 0.29) is 4.90 Å². The Balaban J connectivity index is 1.58. The van der Waals surface area contributed by atoms with Crippen molar-refractivity contribution < 1.29 is 27.5 Å². The minimum Gasteiger partial charge on any atom is -0.497 e. The van der Waals surface area contributed by atoms with Gasteiger partial charge in [0.2, 0.25) is 0 Å². The number of amides is 1. The smallest absolute Gasteiger partial charge is 0.337 e. The number of anilines is 1. The summed E-state index contributed by atoms with van der Waals surface area (Å²) in [5, 5.41) is 0. The van der Waals surface area contributed by atoms with Crippen molar-refractivity contribution in [2.45, 2.75) is 18.4 Å². The molecular formula is C25H23N3O6S2. The van der Waals surface area contributed by atoms with Gasteiger partial charge in [0.05, 0.1) is 34.9 Å². The summed E-state index contributed by atoms with van der Waals surface area (Å²) in [6.07, 6.45) is 0. The maximum Gasteiger partial charge on any atom is 0.337 e.